The molecule has 0 radical (unpaired) electrons. The van der Waals surface area contributed by atoms with E-state index in [9.17, 15) is 15.3 Å². The summed E-state index contributed by atoms with van der Waals surface area (Å²) in [6, 6.07) is 0. The minimum absolute atomic E-state index is 0.105. The largest absolute Gasteiger partial charge is 0.393 e. The predicted octanol–water partition coefficient (Wildman–Crippen LogP) is 4.93. The van der Waals surface area contributed by atoms with Crippen LogP contribution in [0.15, 0.2) is 0 Å². The molecule has 0 aromatic carbocycles. The van der Waals surface area contributed by atoms with Crippen molar-refractivity contribution in [3.8, 4) is 0 Å². The summed E-state index contributed by atoms with van der Waals surface area (Å²) in [7, 11) is 0. The third kappa shape index (κ3) is 2.79. The first-order chi connectivity index (χ1) is 15.3. The van der Waals surface area contributed by atoms with Gasteiger partial charge in [-0.1, -0.05) is 20.8 Å². The first-order valence-electron chi connectivity index (χ1n) is 14.1. The summed E-state index contributed by atoms with van der Waals surface area (Å²) in [5, 5.41) is 33.0. The fourth-order valence-electron chi connectivity index (χ4n) is 11.9. The van der Waals surface area contributed by atoms with E-state index in [1.54, 1.807) is 0 Å². The normalized spacial score (nSPS) is 62.3. The zero-order valence-corrected chi connectivity index (χ0v) is 21.8. The molecular formula is C29H48O4. The zero-order chi connectivity index (χ0) is 23.8. The number of hydrogen-bond acceptors (Lipinski definition) is 4. The molecule has 13 unspecified atom stereocenters. The van der Waals surface area contributed by atoms with Crippen LogP contribution < -0.4 is 0 Å². The van der Waals surface area contributed by atoms with E-state index in [4.69, 9.17) is 4.74 Å². The topological polar surface area (TPSA) is 69.9 Å². The smallest absolute Gasteiger partial charge is 0.0890 e. The highest BCUT2D eigenvalue weighted by Gasteiger charge is 2.80. The fourth-order valence-corrected chi connectivity index (χ4v) is 11.9. The van der Waals surface area contributed by atoms with Crippen LogP contribution in [0.2, 0.25) is 0 Å². The van der Waals surface area contributed by atoms with Crippen molar-refractivity contribution < 1.29 is 20.1 Å². The van der Waals surface area contributed by atoms with Gasteiger partial charge in [-0.2, -0.15) is 0 Å². The molecule has 0 bridgehead atoms. The van der Waals surface area contributed by atoms with Crippen LogP contribution in [0.5, 0.6) is 0 Å². The minimum atomic E-state index is -0.862. The van der Waals surface area contributed by atoms with Gasteiger partial charge in [-0.25, -0.2) is 0 Å². The molecule has 2 spiro atoms. The van der Waals surface area contributed by atoms with Crippen LogP contribution in [0, 0.1) is 51.8 Å². The Hall–Kier alpha value is -0.160. The molecule has 4 heteroatoms. The molecule has 1 heterocycles. The minimum Gasteiger partial charge on any atom is -0.393 e. The van der Waals surface area contributed by atoms with Gasteiger partial charge in [0.2, 0.25) is 0 Å². The Kier molecular flexibility index (Phi) is 4.78. The maximum atomic E-state index is 11.6. The van der Waals surface area contributed by atoms with Crippen molar-refractivity contribution in [3.63, 3.8) is 0 Å². The average Bonchev–Trinajstić information content (AvgIpc) is 3.15. The van der Waals surface area contributed by atoms with Crippen LogP contribution in [-0.2, 0) is 4.74 Å². The van der Waals surface area contributed by atoms with Crippen LogP contribution in [0.1, 0.15) is 99.3 Å². The highest BCUT2D eigenvalue weighted by Crippen LogP contribution is 2.86. The van der Waals surface area contributed by atoms with E-state index in [1.807, 2.05) is 13.8 Å². The van der Waals surface area contributed by atoms with E-state index in [0.29, 0.717) is 28.6 Å². The third-order valence-corrected chi connectivity index (χ3v) is 12.9. The lowest BCUT2D eigenvalue weighted by atomic mass is 9.47. The van der Waals surface area contributed by atoms with Crippen molar-refractivity contribution in [1.29, 1.82) is 0 Å². The number of ether oxygens (including phenoxy) is 1. The molecule has 0 aromatic heterocycles. The predicted molar refractivity (Wildman–Crippen MR) is 128 cm³/mol. The third-order valence-electron chi connectivity index (χ3n) is 12.9. The lowest BCUT2D eigenvalue weighted by Gasteiger charge is -2.58. The quantitative estimate of drug-likeness (QED) is 0.546. The molecule has 3 N–H and O–H groups in total. The zero-order valence-electron chi connectivity index (χ0n) is 21.8. The Morgan fingerprint density at radius 2 is 1.52 bits per heavy atom. The molecule has 0 aromatic rings. The Balaban J connectivity index is 1.30. The highest BCUT2D eigenvalue weighted by atomic mass is 16.5. The van der Waals surface area contributed by atoms with Crippen LogP contribution >= 0.6 is 0 Å². The maximum Gasteiger partial charge on any atom is 0.0890 e. The molecule has 5 aliphatic carbocycles. The summed E-state index contributed by atoms with van der Waals surface area (Å²) in [5.41, 5.74) is -0.177. The number of aliphatic hydroxyl groups excluding tert-OH is 2. The molecule has 6 aliphatic rings. The second-order valence-corrected chi connectivity index (χ2v) is 14.8. The Morgan fingerprint density at radius 3 is 2.18 bits per heavy atom. The maximum absolute atomic E-state index is 11.6. The van der Waals surface area contributed by atoms with Crippen LogP contribution in [-0.4, -0.2) is 44.8 Å². The Labute approximate surface area is 200 Å². The van der Waals surface area contributed by atoms with Gasteiger partial charge in [0, 0.05) is 5.92 Å². The molecular weight excluding hydrogens is 412 g/mol. The van der Waals surface area contributed by atoms with Crippen molar-refractivity contribution in [2.75, 3.05) is 0 Å². The second-order valence-electron chi connectivity index (χ2n) is 14.8. The van der Waals surface area contributed by atoms with Crippen molar-refractivity contribution in [3.05, 3.63) is 0 Å². The molecule has 0 amide bonds. The van der Waals surface area contributed by atoms with Gasteiger partial charge in [0.05, 0.1) is 29.5 Å². The monoisotopic (exact) mass is 460 g/mol. The number of aliphatic hydroxyl groups is 3. The van der Waals surface area contributed by atoms with Crippen LogP contribution in [0.4, 0.5) is 0 Å². The summed E-state index contributed by atoms with van der Waals surface area (Å²) in [6.45, 7) is 13.0. The molecule has 4 nitrogen and oxygen atoms in total. The highest BCUT2D eigenvalue weighted by molar-refractivity contribution is 5.28. The molecule has 33 heavy (non-hydrogen) atoms. The summed E-state index contributed by atoms with van der Waals surface area (Å²) in [4.78, 5) is 0. The number of fused-ring (bicyclic) bond motifs is 2. The van der Waals surface area contributed by atoms with E-state index in [0.717, 1.165) is 25.2 Å². The van der Waals surface area contributed by atoms with Gasteiger partial charge in [0.1, 0.15) is 0 Å². The van der Waals surface area contributed by atoms with Crippen molar-refractivity contribution in [2.24, 2.45) is 51.8 Å². The molecule has 5 saturated carbocycles. The van der Waals surface area contributed by atoms with Gasteiger partial charge in [-0.15, -0.1) is 0 Å². The molecule has 13 atom stereocenters. The summed E-state index contributed by atoms with van der Waals surface area (Å²) in [5.74, 6) is 2.87. The first-order valence-corrected chi connectivity index (χ1v) is 14.1. The van der Waals surface area contributed by atoms with Gasteiger partial charge < -0.3 is 20.1 Å². The average molecular weight is 461 g/mol. The summed E-state index contributed by atoms with van der Waals surface area (Å²) < 4.78 is 6.74. The van der Waals surface area contributed by atoms with Gasteiger partial charge in [-0.05, 0) is 124 Å². The SMILES string of the molecule is CC1CC(C)(C2C(O)CC3C4CCC5C(C)C(O)CCC56CC46CCC32C)OC1C(C)(C)O. The molecule has 1 saturated heterocycles. The van der Waals surface area contributed by atoms with Crippen LogP contribution in [0.3, 0.4) is 0 Å². The van der Waals surface area contributed by atoms with E-state index in [2.05, 4.69) is 27.7 Å². The molecule has 188 valence electrons. The van der Waals surface area contributed by atoms with E-state index in [1.165, 1.54) is 38.5 Å². The van der Waals surface area contributed by atoms with E-state index in [-0.39, 0.29) is 41.2 Å². The fraction of sp³-hybridized carbons (Fsp3) is 1.00. The Morgan fingerprint density at radius 1 is 0.848 bits per heavy atom. The van der Waals surface area contributed by atoms with Gasteiger partial charge in [-0.3, -0.25) is 0 Å². The standard InChI is InChI=1S/C29H48O4/c1-16-14-27(6,33-24(16)25(3,4)32)23-22(31)13-20-19-8-7-18-17(2)21(30)9-10-28(18)15-29(19,28)12-11-26(20,23)5/h16-24,30-32H,7-15H2,1-6H3. The van der Waals surface area contributed by atoms with Crippen molar-refractivity contribution in [2.45, 2.75) is 129 Å². The molecule has 1 aliphatic heterocycles. The lowest BCUT2D eigenvalue weighted by Crippen LogP contribution is -2.54. The summed E-state index contributed by atoms with van der Waals surface area (Å²) >= 11 is 0. The molecule has 6 fully saturated rings. The first kappa shape index (κ1) is 23.3. The lowest BCUT2D eigenvalue weighted by molar-refractivity contribution is -0.179. The number of rotatable bonds is 2. The van der Waals surface area contributed by atoms with Gasteiger partial charge in [0.25, 0.3) is 0 Å². The van der Waals surface area contributed by atoms with Crippen molar-refractivity contribution in [1.82, 2.24) is 0 Å². The van der Waals surface area contributed by atoms with Gasteiger partial charge >= 0.3 is 0 Å². The van der Waals surface area contributed by atoms with Gasteiger partial charge in [0.15, 0.2) is 0 Å². The second kappa shape index (κ2) is 6.78. The number of hydrogen-bond donors (Lipinski definition) is 3. The van der Waals surface area contributed by atoms with Crippen LogP contribution in [0.25, 0.3) is 0 Å². The Bertz CT molecular complexity index is 821. The van der Waals surface area contributed by atoms with E-state index >= 15 is 0 Å². The van der Waals surface area contributed by atoms with Crippen molar-refractivity contribution >= 4 is 0 Å². The summed E-state index contributed by atoms with van der Waals surface area (Å²) in [6.07, 6.45) is 9.88. The van der Waals surface area contributed by atoms with E-state index < -0.39 is 5.60 Å². The molecule has 6 rings (SSSR count).